The first-order valence-electron chi connectivity index (χ1n) is 5.37. The van der Waals surface area contributed by atoms with Gasteiger partial charge in [0.15, 0.2) is 0 Å². The van der Waals surface area contributed by atoms with Crippen molar-refractivity contribution in [2.75, 3.05) is 11.9 Å². The summed E-state index contributed by atoms with van der Waals surface area (Å²) < 4.78 is 0. The second-order valence-electron chi connectivity index (χ2n) is 3.67. The van der Waals surface area contributed by atoms with Gasteiger partial charge in [0.25, 0.3) is 0 Å². The third kappa shape index (κ3) is 4.58. The predicted octanol–water partition coefficient (Wildman–Crippen LogP) is 2.03. The summed E-state index contributed by atoms with van der Waals surface area (Å²) in [4.78, 5) is 25.6. The first-order chi connectivity index (χ1) is 8.50. The largest absolute Gasteiger partial charge is 0.481 e. The van der Waals surface area contributed by atoms with E-state index in [-0.39, 0.29) is 6.42 Å². The number of hydrogen-bond acceptors (Lipinski definition) is 3. The smallest absolute Gasteiger partial charge is 0.319 e. The Bertz CT molecular complexity index is 451. The summed E-state index contributed by atoms with van der Waals surface area (Å²) in [7, 11) is 0. The normalized spacial score (nSPS) is 9.89. The first kappa shape index (κ1) is 14.2. The van der Waals surface area contributed by atoms with Crippen molar-refractivity contribution in [1.82, 2.24) is 10.3 Å². The van der Waals surface area contributed by atoms with E-state index in [9.17, 15) is 9.59 Å². The fourth-order valence-electron chi connectivity index (χ4n) is 1.23. The molecule has 0 atom stereocenters. The zero-order valence-corrected chi connectivity index (χ0v) is 10.6. The molecule has 7 heteroatoms. The monoisotopic (exact) mass is 271 g/mol. The minimum Gasteiger partial charge on any atom is -0.481 e. The van der Waals surface area contributed by atoms with Crippen molar-refractivity contribution >= 4 is 29.3 Å². The third-order valence-electron chi connectivity index (χ3n) is 2.25. The highest BCUT2D eigenvalue weighted by Crippen LogP contribution is 2.20. The third-order valence-corrected chi connectivity index (χ3v) is 2.64. The number of aromatic nitrogens is 1. The molecule has 0 aliphatic rings. The zero-order valence-electron chi connectivity index (χ0n) is 9.86. The zero-order chi connectivity index (χ0) is 13.5. The van der Waals surface area contributed by atoms with Gasteiger partial charge < -0.3 is 15.7 Å². The molecule has 0 bridgehead atoms. The molecular formula is C11H14ClN3O3. The summed E-state index contributed by atoms with van der Waals surface area (Å²) in [6, 6.07) is -0.410. The summed E-state index contributed by atoms with van der Waals surface area (Å²) in [6.07, 6.45) is 3.40. The number of nitrogens with one attached hydrogen (secondary N) is 2. The van der Waals surface area contributed by atoms with Gasteiger partial charge in [-0.05, 0) is 18.9 Å². The molecule has 0 saturated carbocycles. The van der Waals surface area contributed by atoms with Crippen molar-refractivity contribution in [3.63, 3.8) is 0 Å². The molecule has 1 aromatic rings. The molecular weight excluding hydrogens is 258 g/mol. The van der Waals surface area contributed by atoms with E-state index in [2.05, 4.69) is 15.6 Å². The Balaban J connectivity index is 2.40. The number of carbonyl (C=O) groups excluding carboxylic acids is 1. The number of halogens is 1. The fraction of sp³-hybridized carbons (Fsp3) is 0.364. The lowest BCUT2D eigenvalue weighted by Crippen LogP contribution is -2.30. The molecule has 0 aromatic carbocycles. The highest BCUT2D eigenvalue weighted by Gasteiger charge is 2.06. The number of hydrogen-bond donors (Lipinski definition) is 3. The molecule has 0 spiro atoms. The molecule has 2 amide bonds. The van der Waals surface area contributed by atoms with Gasteiger partial charge in [-0.25, -0.2) is 4.79 Å². The van der Waals surface area contributed by atoms with Crippen LogP contribution in [-0.2, 0) is 4.79 Å². The number of carboxylic acids is 1. The lowest BCUT2D eigenvalue weighted by molar-refractivity contribution is -0.137. The number of amides is 2. The Morgan fingerprint density at radius 1 is 1.44 bits per heavy atom. The Morgan fingerprint density at radius 2 is 2.17 bits per heavy atom. The molecule has 0 aliphatic heterocycles. The van der Waals surface area contributed by atoms with Gasteiger partial charge in [-0.3, -0.25) is 9.78 Å². The number of nitrogens with zero attached hydrogens (tertiary/aromatic N) is 1. The molecule has 1 aromatic heterocycles. The van der Waals surface area contributed by atoms with Gasteiger partial charge in [0, 0.05) is 19.2 Å². The van der Waals surface area contributed by atoms with Gasteiger partial charge in [0.05, 0.1) is 16.9 Å². The highest BCUT2D eigenvalue weighted by atomic mass is 35.5. The fourth-order valence-corrected chi connectivity index (χ4v) is 1.39. The SMILES string of the molecule is Cc1c(Cl)cncc1NC(=O)NCCCC(=O)O. The van der Waals surface area contributed by atoms with E-state index in [1.54, 1.807) is 6.92 Å². The van der Waals surface area contributed by atoms with Gasteiger partial charge in [-0.2, -0.15) is 0 Å². The molecule has 0 aliphatic carbocycles. The van der Waals surface area contributed by atoms with E-state index in [0.29, 0.717) is 23.7 Å². The lowest BCUT2D eigenvalue weighted by Gasteiger charge is -2.09. The average molecular weight is 272 g/mol. The van der Waals surface area contributed by atoms with E-state index in [0.717, 1.165) is 5.56 Å². The van der Waals surface area contributed by atoms with Crippen molar-refractivity contribution in [2.45, 2.75) is 19.8 Å². The standard InChI is InChI=1S/C11H14ClN3O3/c1-7-8(12)5-13-6-9(7)15-11(18)14-4-2-3-10(16)17/h5-6H,2-4H2,1H3,(H,16,17)(H2,14,15,18). The van der Waals surface area contributed by atoms with Crippen molar-refractivity contribution in [1.29, 1.82) is 0 Å². The molecule has 0 unspecified atom stereocenters. The van der Waals surface area contributed by atoms with Crippen LogP contribution < -0.4 is 10.6 Å². The van der Waals surface area contributed by atoms with Crippen molar-refractivity contribution in [2.24, 2.45) is 0 Å². The van der Waals surface area contributed by atoms with Crippen LogP contribution >= 0.6 is 11.6 Å². The summed E-state index contributed by atoms with van der Waals surface area (Å²) in [6.45, 7) is 2.06. The molecule has 1 rings (SSSR count). The average Bonchev–Trinajstić information content (AvgIpc) is 2.30. The van der Waals surface area contributed by atoms with Crippen LogP contribution in [-0.4, -0.2) is 28.6 Å². The number of carboxylic acid groups (broad SMARTS) is 1. The molecule has 3 N–H and O–H groups in total. The van der Waals surface area contributed by atoms with Crippen molar-refractivity contribution in [3.05, 3.63) is 23.0 Å². The molecule has 1 heterocycles. The number of pyridine rings is 1. The van der Waals surface area contributed by atoms with Crippen LogP contribution in [0.3, 0.4) is 0 Å². The van der Waals surface area contributed by atoms with Crippen LogP contribution in [0.1, 0.15) is 18.4 Å². The van der Waals surface area contributed by atoms with Crippen LogP contribution in [0, 0.1) is 6.92 Å². The van der Waals surface area contributed by atoms with Gasteiger partial charge in [0.2, 0.25) is 0 Å². The van der Waals surface area contributed by atoms with Gasteiger partial charge in [0.1, 0.15) is 0 Å². The highest BCUT2D eigenvalue weighted by molar-refractivity contribution is 6.31. The van der Waals surface area contributed by atoms with Gasteiger partial charge in [-0.15, -0.1) is 0 Å². The number of rotatable bonds is 5. The van der Waals surface area contributed by atoms with Gasteiger partial charge in [-0.1, -0.05) is 11.6 Å². The van der Waals surface area contributed by atoms with Crippen LogP contribution in [0.4, 0.5) is 10.5 Å². The van der Waals surface area contributed by atoms with E-state index >= 15 is 0 Å². The summed E-state index contributed by atoms with van der Waals surface area (Å²) in [5.74, 6) is -0.882. The second kappa shape index (κ2) is 6.80. The van der Waals surface area contributed by atoms with E-state index in [1.165, 1.54) is 12.4 Å². The quantitative estimate of drug-likeness (QED) is 0.715. The lowest BCUT2D eigenvalue weighted by atomic mass is 10.2. The van der Waals surface area contributed by atoms with Crippen LogP contribution in [0.25, 0.3) is 0 Å². The van der Waals surface area contributed by atoms with E-state index in [4.69, 9.17) is 16.7 Å². The van der Waals surface area contributed by atoms with Crippen LogP contribution in [0.5, 0.6) is 0 Å². The summed E-state index contributed by atoms with van der Waals surface area (Å²) in [5.41, 5.74) is 1.26. The second-order valence-corrected chi connectivity index (χ2v) is 4.08. The number of carbonyl (C=O) groups is 2. The van der Waals surface area contributed by atoms with Crippen molar-refractivity contribution in [3.8, 4) is 0 Å². The predicted molar refractivity (Wildman–Crippen MR) is 67.9 cm³/mol. The summed E-state index contributed by atoms with van der Waals surface area (Å²) >= 11 is 5.86. The topological polar surface area (TPSA) is 91.3 Å². The summed E-state index contributed by atoms with van der Waals surface area (Å²) in [5, 5.41) is 14.0. The van der Waals surface area contributed by atoms with Crippen molar-refractivity contribution < 1.29 is 14.7 Å². The van der Waals surface area contributed by atoms with E-state index in [1.807, 2.05) is 0 Å². The maximum atomic E-state index is 11.5. The number of anilines is 1. The Morgan fingerprint density at radius 3 is 2.83 bits per heavy atom. The minimum atomic E-state index is -0.882. The number of urea groups is 1. The van der Waals surface area contributed by atoms with Gasteiger partial charge >= 0.3 is 12.0 Å². The molecule has 18 heavy (non-hydrogen) atoms. The Kier molecular flexibility index (Phi) is 5.38. The number of aliphatic carboxylic acids is 1. The first-order valence-corrected chi connectivity index (χ1v) is 5.75. The maximum Gasteiger partial charge on any atom is 0.319 e. The minimum absolute atomic E-state index is 0.0258. The van der Waals surface area contributed by atoms with Crippen LogP contribution in [0.15, 0.2) is 12.4 Å². The molecule has 0 fully saturated rings. The molecule has 0 radical (unpaired) electrons. The van der Waals surface area contributed by atoms with E-state index < -0.39 is 12.0 Å². The molecule has 98 valence electrons. The Labute approximate surface area is 109 Å². The molecule has 0 saturated heterocycles. The van der Waals surface area contributed by atoms with Crippen LogP contribution in [0.2, 0.25) is 5.02 Å². The Hall–Kier alpha value is -1.82. The maximum absolute atomic E-state index is 11.5. The molecule has 6 nitrogen and oxygen atoms in total.